The lowest BCUT2D eigenvalue weighted by molar-refractivity contribution is 0.260. The molecule has 0 amide bonds. The fraction of sp³-hybridized carbons (Fsp3) is 0.688. The Hall–Kier alpha value is -0.650. The summed E-state index contributed by atoms with van der Waals surface area (Å²) in [6, 6.07) is 2.93. The van der Waals surface area contributed by atoms with Gasteiger partial charge in [-0.2, -0.15) is 0 Å². The first-order valence-electron chi connectivity index (χ1n) is 8.12. The van der Waals surface area contributed by atoms with Crippen molar-refractivity contribution in [1.29, 1.82) is 0 Å². The van der Waals surface area contributed by atoms with Gasteiger partial charge in [-0.25, -0.2) is 4.98 Å². The van der Waals surface area contributed by atoms with Crippen molar-refractivity contribution in [3.63, 3.8) is 0 Å². The Labute approximate surface area is 136 Å². The summed E-state index contributed by atoms with van der Waals surface area (Å²) in [7, 11) is 0. The van der Waals surface area contributed by atoms with E-state index in [0.29, 0.717) is 0 Å². The molecule has 0 aromatic carbocycles. The molecule has 116 valence electrons. The maximum atomic E-state index is 4.69. The van der Waals surface area contributed by atoms with Crippen LogP contribution in [0.4, 0.5) is 5.82 Å². The highest BCUT2D eigenvalue weighted by atomic mass is 79.9. The Kier molecular flexibility index (Phi) is 5.14. The van der Waals surface area contributed by atoms with Crippen molar-refractivity contribution in [2.75, 3.05) is 37.6 Å². The summed E-state index contributed by atoms with van der Waals surface area (Å²) in [5.41, 5.74) is 1.30. The molecule has 1 unspecified atom stereocenters. The minimum atomic E-state index is 0.727. The number of nitrogens with zero attached hydrogens (tertiary/aromatic N) is 3. The first-order chi connectivity index (χ1) is 10.3. The van der Waals surface area contributed by atoms with Crippen LogP contribution in [0.1, 0.15) is 31.7 Å². The van der Waals surface area contributed by atoms with Crippen LogP contribution in [0.5, 0.6) is 0 Å². The molecule has 1 atom stereocenters. The van der Waals surface area contributed by atoms with Gasteiger partial charge in [-0.3, -0.25) is 4.90 Å². The topological polar surface area (TPSA) is 31.4 Å². The number of likely N-dealkylation sites (tertiary alicyclic amines) is 1. The maximum Gasteiger partial charge on any atom is 0.133 e. The van der Waals surface area contributed by atoms with Gasteiger partial charge in [0.05, 0.1) is 0 Å². The molecule has 0 radical (unpaired) electrons. The molecule has 1 aromatic rings. The molecule has 2 saturated heterocycles. The number of hydrogen-bond donors (Lipinski definition) is 1. The summed E-state index contributed by atoms with van der Waals surface area (Å²) in [4.78, 5) is 9.84. The van der Waals surface area contributed by atoms with Gasteiger partial charge in [0, 0.05) is 41.9 Å². The largest absolute Gasteiger partial charge is 0.355 e. The molecular weight excluding hydrogens is 328 g/mol. The second kappa shape index (κ2) is 7.07. The van der Waals surface area contributed by atoms with E-state index in [4.69, 9.17) is 4.98 Å². The third-order valence-electron chi connectivity index (χ3n) is 4.59. The van der Waals surface area contributed by atoms with Gasteiger partial charge >= 0.3 is 0 Å². The van der Waals surface area contributed by atoms with E-state index >= 15 is 0 Å². The summed E-state index contributed by atoms with van der Waals surface area (Å²) in [5.74, 6) is 1.17. The molecule has 4 nitrogen and oxygen atoms in total. The Morgan fingerprint density at radius 3 is 2.90 bits per heavy atom. The molecule has 5 heteroatoms. The number of anilines is 1. The van der Waals surface area contributed by atoms with E-state index in [0.717, 1.165) is 36.7 Å². The van der Waals surface area contributed by atoms with E-state index < -0.39 is 0 Å². The number of halogens is 1. The Morgan fingerprint density at radius 2 is 2.14 bits per heavy atom. The average Bonchev–Trinajstić information content (AvgIpc) is 3.15. The SMILES string of the molecule is CCNCc1cc(Br)cnc1N1CCC(N2CCCC2)C1. The number of rotatable bonds is 5. The molecule has 2 aliphatic rings. The van der Waals surface area contributed by atoms with Crippen LogP contribution < -0.4 is 10.2 Å². The van der Waals surface area contributed by atoms with Gasteiger partial charge < -0.3 is 10.2 Å². The van der Waals surface area contributed by atoms with Crippen LogP contribution in [0, 0.1) is 0 Å². The summed E-state index contributed by atoms with van der Waals surface area (Å²) >= 11 is 3.55. The Morgan fingerprint density at radius 1 is 1.33 bits per heavy atom. The van der Waals surface area contributed by atoms with Crippen LogP contribution in [-0.2, 0) is 6.54 Å². The average molecular weight is 353 g/mol. The van der Waals surface area contributed by atoms with Gasteiger partial charge in [-0.05, 0) is 60.9 Å². The highest BCUT2D eigenvalue weighted by molar-refractivity contribution is 9.10. The Balaban J connectivity index is 1.71. The van der Waals surface area contributed by atoms with E-state index in [9.17, 15) is 0 Å². The number of pyridine rings is 1. The van der Waals surface area contributed by atoms with Gasteiger partial charge in [-0.15, -0.1) is 0 Å². The lowest BCUT2D eigenvalue weighted by Gasteiger charge is -2.25. The zero-order valence-electron chi connectivity index (χ0n) is 12.8. The zero-order chi connectivity index (χ0) is 14.7. The molecule has 2 aliphatic heterocycles. The monoisotopic (exact) mass is 352 g/mol. The fourth-order valence-corrected chi connectivity index (χ4v) is 3.87. The predicted molar refractivity (Wildman–Crippen MR) is 90.7 cm³/mol. The van der Waals surface area contributed by atoms with Crippen LogP contribution in [0.2, 0.25) is 0 Å². The molecule has 21 heavy (non-hydrogen) atoms. The van der Waals surface area contributed by atoms with E-state index in [2.05, 4.69) is 44.0 Å². The normalized spacial score (nSPS) is 23.1. The van der Waals surface area contributed by atoms with Crippen LogP contribution in [0.3, 0.4) is 0 Å². The van der Waals surface area contributed by atoms with Crippen molar-refractivity contribution in [2.45, 2.75) is 38.8 Å². The van der Waals surface area contributed by atoms with Gasteiger partial charge in [0.25, 0.3) is 0 Å². The van der Waals surface area contributed by atoms with Crippen molar-refractivity contribution in [3.8, 4) is 0 Å². The molecule has 1 aromatic heterocycles. The smallest absolute Gasteiger partial charge is 0.133 e. The quantitative estimate of drug-likeness (QED) is 0.882. The van der Waals surface area contributed by atoms with Crippen LogP contribution >= 0.6 is 15.9 Å². The third-order valence-corrected chi connectivity index (χ3v) is 5.03. The summed E-state index contributed by atoms with van der Waals surface area (Å²) in [6.07, 6.45) is 5.95. The van der Waals surface area contributed by atoms with E-state index in [1.807, 2.05) is 6.20 Å². The van der Waals surface area contributed by atoms with Crippen molar-refractivity contribution in [3.05, 3.63) is 22.3 Å². The van der Waals surface area contributed by atoms with E-state index in [1.165, 1.54) is 43.7 Å². The summed E-state index contributed by atoms with van der Waals surface area (Å²) in [5, 5.41) is 3.42. The zero-order valence-corrected chi connectivity index (χ0v) is 14.4. The second-order valence-electron chi connectivity index (χ2n) is 6.05. The highest BCUT2D eigenvalue weighted by Gasteiger charge is 2.30. The van der Waals surface area contributed by atoms with Crippen LogP contribution in [-0.4, -0.2) is 48.6 Å². The molecule has 0 saturated carbocycles. The third kappa shape index (κ3) is 3.58. The maximum absolute atomic E-state index is 4.69. The number of aromatic nitrogens is 1. The first kappa shape index (κ1) is 15.3. The minimum absolute atomic E-state index is 0.727. The second-order valence-corrected chi connectivity index (χ2v) is 6.96. The van der Waals surface area contributed by atoms with Gasteiger partial charge in [0.2, 0.25) is 0 Å². The lowest BCUT2D eigenvalue weighted by atomic mass is 10.2. The van der Waals surface area contributed by atoms with E-state index in [-0.39, 0.29) is 0 Å². The van der Waals surface area contributed by atoms with Crippen molar-refractivity contribution < 1.29 is 0 Å². The van der Waals surface area contributed by atoms with E-state index in [1.54, 1.807) is 0 Å². The van der Waals surface area contributed by atoms with Crippen molar-refractivity contribution in [1.82, 2.24) is 15.2 Å². The number of hydrogen-bond acceptors (Lipinski definition) is 4. The molecule has 3 heterocycles. The van der Waals surface area contributed by atoms with Gasteiger partial charge in [-0.1, -0.05) is 6.92 Å². The van der Waals surface area contributed by atoms with Crippen LogP contribution in [0.25, 0.3) is 0 Å². The minimum Gasteiger partial charge on any atom is -0.355 e. The van der Waals surface area contributed by atoms with Crippen molar-refractivity contribution in [2.24, 2.45) is 0 Å². The molecule has 2 fully saturated rings. The summed E-state index contributed by atoms with van der Waals surface area (Å²) < 4.78 is 1.06. The molecule has 0 spiro atoms. The fourth-order valence-electron chi connectivity index (χ4n) is 3.49. The standard InChI is InChI=1S/C16H25BrN4/c1-2-18-10-13-9-14(17)11-19-16(13)21-8-5-15(12-21)20-6-3-4-7-20/h9,11,15,18H,2-8,10,12H2,1H3. The molecule has 0 aliphatic carbocycles. The lowest BCUT2D eigenvalue weighted by Crippen LogP contribution is -2.35. The Bertz CT molecular complexity index is 473. The highest BCUT2D eigenvalue weighted by Crippen LogP contribution is 2.27. The van der Waals surface area contributed by atoms with Crippen LogP contribution in [0.15, 0.2) is 16.7 Å². The molecule has 0 bridgehead atoms. The first-order valence-corrected chi connectivity index (χ1v) is 8.91. The number of nitrogens with one attached hydrogen (secondary N) is 1. The molecule has 3 rings (SSSR count). The van der Waals surface area contributed by atoms with Gasteiger partial charge in [0.1, 0.15) is 5.82 Å². The summed E-state index contributed by atoms with van der Waals surface area (Å²) in [6.45, 7) is 8.87. The van der Waals surface area contributed by atoms with Crippen molar-refractivity contribution >= 4 is 21.7 Å². The molecule has 1 N–H and O–H groups in total. The predicted octanol–water partition coefficient (Wildman–Crippen LogP) is 2.63. The molecular formula is C16H25BrN4. The van der Waals surface area contributed by atoms with Gasteiger partial charge in [0.15, 0.2) is 0 Å².